The molecule has 2 aromatic heterocycles. The van der Waals surface area contributed by atoms with Crippen LogP contribution in [0.25, 0.3) is 11.0 Å². The molecular formula is C25H28N6O3. The van der Waals surface area contributed by atoms with E-state index in [1.54, 1.807) is 11.1 Å². The molecule has 34 heavy (non-hydrogen) atoms. The lowest BCUT2D eigenvalue weighted by atomic mass is 9.96. The van der Waals surface area contributed by atoms with Gasteiger partial charge in [-0.3, -0.25) is 9.59 Å². The summed E-state index contributed by atoms with van der Waals surface area (Å²) in [6.07, 6.45) is 6.39. The smallest absolute Gasteiger partial charge is 0.256 e. The minimum absolute atomic E-state index is 0.00996. The molecule has 2 aliphatic rings. The molecule has 0 unspecified atom stereocenters. The van der Waals surface area contributed by atoms with Crippen molar-refractivity contribution in [3.8, 4) is 5.75 Å². The number of aromatic amines is 1. The summed E-state index contributed by atoms with van der Waals surface area (Å²) in [4.78, 5) is 40.4. The van der Waals surface area contributed by atoms with Crippen LogP contribution >= 0.6 is 0 Å². The number of anilines is 1. The van der Waals surface area contributed by atoms with Crippen molar-refractivity contribution in [3.05, 3.63) is 61.1 Å². The number of hydrogen-bond acceptors (Lipinski definition) is 6. The second kappa shape index (κ2) is 9.54. The molecule has 2 aliphatic heterocycles. The van der Waals surface area contributed by atoms with E-state index in [1.807, 2.05) is 35.2 Å². The summed E-state index contributed by atoms with van der Waals surface area (Å²) in [5.41, 5.74) is 1.19. The quantitative estimate of drug-likeness (QED) is 0.526. The van der Waals surface area contributed by atoms with Crippen molar-refractivity contribution in [1.29, 1.82) is 0 Å². The molecule has 2 amide bonds. The van der Waals surface area contributed by atoms with E-state index >= 15 is 0 Å². The number of hydrogen-bond donors (Lipinski definition) is 2. The SMILES string of the molecule is C=CC(=O)N1CCC(CNc2ncnc3[nH]cc(C(=O)N4CC(Oc5ccccc5)C4)c23)CC1. The summed E-state index contributed by atoms with van der Waals surface area (Å²) in [5.74, 6) is 1.81. The Hall–Kier alpha value is -3.88. The molecule has 0 aliphatic carbocycles. The van der Waals surface area contributed by atoms with Crippen LogP contribution in [-0.2, 0) is 4.79 Å². The summed E-state index contributed by atoms with van der Waals surface area (Å²) in [5, 5.41) is 4.13. The minimum Gasteiger partial charge on any atom is -0.487 e. The van der Waals surface area contributed by atoms with Gasteiger partial charge < -0.3 is 24.8 Å². The number of amides is 2. The zero-order chi connectivity index (χ0) is 23.5. The molecule has 2 N–H and O–H groups in total. The Bertz CT molecular complexity index is 1180. The van der Waals surface area contributed by atoms with Crippen molar-refractivity contribution >= 4 is 28.7 Å². The van der Waals surface area contributed by atoms with Gasteiger partial charge in [-0.15, -0.1) is 0 Å². The largest absolute Gasteiger partial charge is 0.487 e. The summed E-state index contributed by atoms with van der Waals surface area (Å²) in [6, 6.07) is 9.64. The zero-order valence-electron chi connectivity index (χ0n) is 18.9. The molecule has 9 heteroatoms. The Morgan fingerprint density at radius 2 is 1.91 bits per heavy atom. The molecule has 176 valence electrons. The molecule has 1 aromatic carbocycles. The van der Waals surface area contributed by atoms with Crippen LogP contribution in [0.5, 0.6) is 5.75 Å². The fourth-order valence-corrected chi connectivity index (χ4v) is 4.53. The molecular weight excluding hydrogens is 432 g/mol. The fraction of sp³-hybridized carbons (Fsp3) is 0.360. The van der Waals surface area contributed by atoms with E-state index in [4.69, 9.17) is 4.74 Å². The third-order valence-corrected chi connectivity index (χ3v) is 6.54. The molecule has 0 bridgehead atoms. The first-order valence-corrected chi connectivity index (χ1v) is 11.6. The first kappa shape index (κ1) is 21.9. The highest BCUT2D eigenvalue weighted by Gasteiger charge is 2.34. The predicted molar refractivity (Wildman–Crippen MR) is 129 cm³/mol. The van der Waals surface area contributed by atoms with Gasteiger partial charge in [0.05, 0.1) is 24.0 Å². The second-order valence-electron chi connectivity index (χ2n) is 8.76. The van der Waals surface area contributed by atoms with Crippen LogP contribution in [0.15, 0.2) is 55.5 Å². The summed E-state index contributed by atoms with van der Waals surface area (Å²) < 4.78 is 5.93. The molecule has 9 nitrogen and oxygen atoms in total. The van der Waals surface area contributed by atoms with Gasteiger partial charge in [0, 0.05) is 25.8 Å². The number of rotatable bonds is 7. The van der Waals surface area contributed by atoms with Crippen LogP contribution in [0.3, 0.4) is 0 Å². The van der Waals surface area contributed by atoms with Crippen LogP contribution in [0.1, 0.15) is 23.2 Å². The first-order valence-electron chi connectivity index (χ1n) is 11.6. The maximum absolute atomic E-state index is 13.2. The van der Waals surface area contributed by atoms with Crippen molar-refractivity contribution in [2.24, 2.45) is 5.92 Å². The standard InChI is InChI=1S/C25H28N6O3/c1-2-21(32)30-10-8-17(9-11-30)12-26-23-22-20(13-27-24(22)29-16-28-23)25(33)31-14-19(15-31)34-18-6-4-3-5-7-18/h2-7,13,16-17,19H,1,8-12,14-15H2,(H2,26,27,28,29). The fourth-order valence-electron chi connectivity index (χ4n) is 4.53. The summed E-state index contributed by atoms with van der Waals surface area (Å²) in [6.45, 7) is 6.82. The lowest BCUT2D eigenvalue weighted by molar-refractivity contribution is -0.127. The molecule has 0 saturated carbocycles. The van der Waals surface area contributed by atoms with Crippen LogP contribution in [-0.4, -0.2) is 75.4 Å². The lowest BCUT2D eigenvalue weighted by Gasteiger charge is -2.38. The minimum atomic E-state index is -0.0618. The van der Waals surface area contributed by atoms with Gasteiger partial charge >= 0.3 is 0 Å². The number of ether oxygens (including phenoxy) is 1. The van der Waals surface area contributed by atoms with E-state index in [0.717, 1.165) is 38.2 Å². The highest BCUT2D eigenvalue weighted by Crippen LogP contribution is 2.28. The number of likely N-dealkylation sites (tertiary alicyclic amines) is 2. The number of nitrogens with zero attached hydrogens (tertiary/aromatic N) is 4. The van der Waals surface area contributed by atoms with E-state index in [2.05, 4.69) is 26.8 Å². The number of nitrogens with one attached hydrogen (secondary N) is 2. The van der Waals surface area contributed by atoms with Crippen molar-refractivity contribution < 1.29 is 14.3 Å². The molecule has 0 spiro atoms. The van der Waals surface area contributed by atoms with Gasteiger partial charge in [0.1, 0.15) is 29.6 Å². The third kappa shape index (κ3) is 4.46. The number of aromatic nitrogens is 3. The molecule has 4 heterocycles. The Morgan fingerprint density at radius 1 is 1.15 bits per heavy atom. The van der Waals surface area contributed by atoms with E-state index in [-0.39, 0.29) is 17.9 Å². The zero-order valence-corrected chi connectivity index (χ0v) is 18.9. The summed E-state index contributed by atoms with van der Waals surface area (Å²) >= 11 is 0. The molecule has 0 atom stereocenters. The van der Waals surface area contributed by atoms with Gasteiger partial charge in [-0.25, -0.2) is 9.97 Å². The van der Waals surface area contributed by atoms with Crippen LogP contribution in [0.2, 0.25) is 0 Å². The molecule has 2 saturated heterocycles. The number of fused-ring (bicyclic) bond motifs is 1. The maximum atomic E-state index is 13.2. The average Bonchev–Trinajstić information content (AvgIpc) is 3.30. The molecule has 3 aromatic rings. The van der Waals surface area contributed by atoms with Crippen LogP contribution < -0.4 is 10.1 Å². The van der Waals surface area contributed by atoms with Crippen molar-refractivity contribution in [1.82, 2.24) is 24.8 Å². The van der Waals surface area contributed by atoms with Gasteiger partial charge in [0.25, 0.3) is 5.91 Å². The average molecular weight is 461 g/mol. The number of H-pyrrole nitrogens is 1. The topological polar surface area (TPSA) is 103 Å². The Labute approximate surface area is 197 Å². The van der Waals surface area contributed by atoms with Gasteiger partial charge in [0.2, 0.25) is 5.91 Å². The number of benzene rings is 1. The van der Waals surface area contributed by atoms with Crippen molar-refractivity contribution in [2.45, 2.75) is 18.9 Å². The third-order valence-electron chi connectivity index (χ3n) is 6.54. The van der Waals surface area contributed by atoms with E-state index in [1.165, 1.54) is 12.4 Å². The Balaban J connectivity index is 1.21. The lowest BCUT2D eigenvalue weighted by Crippen LogP contribution is -2.56. The first-order chi connectivity index (χ1) is 16.6. The highest BCUT2D eigenvalue weighted by molar-refractivity contribution is 6.09. The van der Waals surface area contributed by atoms with Gasteiger partial charge in [0.15, 0.2) is 0 Å². The second-order valence-corrected chi connectivity index (χ2v) is 8.76. The molecule has 0 radical (unpaired) electrons. The Morgan fingerprint density at radius 3 is 2.65 bits per heavy atom. The van der Waals surface area contributed by atoms with Gasteiger partial charge in [-0.2, -0.15) is 0 Å². The molecule has 2 fully saturated rings. The van der Waals surface area contributed by atoms with Gasteiger partial charge in [-0.05, 0) is 37.0 Å². The monoisotopic (exact) mass is 460 g/mol. The summed E-state index contributed by atoms with van der Waals surface area (Å²) in [7, 11) is 0. The normalized spacial score (nSPS) is 16.8. The van der Waals surface area contributed by atoms with Crippen LogP contribution in [0.4, 0.5) is 5.82 Å². The van der Waals surface area contributed by atoms with Crippen molar-refractivity contribution in [2.75, 3.05) is 38.0 Å². The Kier molecular flexibility index (Phi) is 6.16. The van der Waals surface area contributed by atoms with E-state index in [0.29, 0.717) is 41.4 Å². The number of carbonyl (C=O) groups excluding carboxylic acids is 2. The van der Waals surface area contributed by atoms with Crippen LogP contribution in [0, 0.1) is 5.92 Å². The maximum Gasteiger partial charge on any atom is 0.256 e. The van der Waals surface area contributed by atoms with E-state index < -0.39 is 0 Å². The van der Waals surface area contributed by atoms with E-state index in [9.17, 15) is 9.59 Å². The van der Waals surface area contributed by atoms with Gasteiger partial charge in [-0.1, -0.05) is 24.8 Å². The number of piperidine rings is 1. The highest BCUT2D eigenvalue weighted by atomic mass is 16.5. The predicted octanol–water partition coefficient (Wildman–Crippen LogP) is 2.70. The molecule has 5 rings (SSSR count). The van der Waals surface area contributed by atoms with Crippen molar-refractivity contribution in [3.63, 3.8) is 0 Å². The number of para-hydroxylation sites is 1. The number of carbonyl (C=O) groups is 2.